The lowest BCUT2D eigenvalue weighted by molar-refractivity contribution is 0.254. The van der Waals surface area contributed by atoms with Crippen molar-refractivity contribution in [3.8, 4) is 0 Å². The molecule has 0 aliphatic heterocycles. The van der Waals surface area contributed by atoms with Crippen LogP contribution in [-0.4, -0.2) is 11.0 Å². The van der Waals surface area contributed by atoms with Crippen LogP contribution in [0.2, 0.25) is 0 Å². The van der Waals surface area contributed by atoms with E-state index in [2.05, 4.69) is 44.3 Å². The van der Waals surface area contributed by atoms with Gasteiger partial charge in [-0.05, 0) is 43.7 Å². The summed E-state index contributed by atoms with van der Waals surface area (Å²) in [6, 6.07) is 6.87. The van der Waals surface area contributed by atoms with Crippen molar-refractivity contribution >= 4 is 22.9 Å². The molecule has 2 atom stereocenters. The lowest BCUT2D eigenvalue weighted by atomic mass is 9.77. The van der Waals surface area contributed by atoms with Crippen LogP contribution in [-0.2, 0) is 0 Å². The third kappa shape index (κ3) is 3.51. The Morgan fingerprint density at radius 3 is 2.65 bits per heavy atom. The largest absolute Gasteiger partial charge is 0.389 e. The van der Waals surface area contributed by atoms with Gasteiger partial charge in [0.05, 0.1) is 0 Å². The van der Waals surface area contributed by atoms with Crippen molar-refractivity contribution in [2.45, 2.75) is 52.5 Å². The molecule has 0 heterocycles. The first kappa shape index (κ1) is 15.3. The van der Waals surface area contributed by atoms with Crippen LogP contribution in [0.1, 0.15) is 50.7 Å². The monoisotopic (exact) mass is 290 g/mol. The molecule has 110 valence electrons. The van der Waals surface area contributed by atoms with E-state index < -0.39 is 0 Å². The van der Waals surface area contributed by atoms with E-state index in [1.165, 1.54) is 31.2 Å². The molecule has 2 rings (SSSR count). The first-order chi connectivity index (χ1) is 9.49. The smallest absolute Gasteiger partial charge is 0.106 e. The molecular weight excluding hydrogens is 264 g/mol. The van der Waals surface area contributed by atoms with Gasteiger partial charge in [0.1, 0.15) is 4.99 Å². The molecule has 0 spiro atoms. The molecule has 3 heteroatoms. The molecule has 1 aromatic rings. The number of nitrogens with one attached hydrogen (secondary N) is 1. The molecule has 3 N–H and O–H groups in total. The summed E-state index contributed by atoms with van der Waals surface area (Å²) in [7, 11) is 0. The van der Waals surface area contributed by atoms with Crippen molar-refractivity contribution in [1.82, 2.24) is 0 Å². The maximum absolute atomic E-state index is 5.87. The quantitative estimate of drug-likeness (QED) is 0.814. The Balaban J connectivity index is 2.22. The zero-order chi connectivity index (χ0) is 14.7. The van der Waals surface area contributed by atoms with Gasteiger partial charge < -0.3 is 11.1 Å². The van der Waals surface area contributed by atoms with Gasteiger partial charge in [0.25, 0.3) is 0 Å². The molecule has 1 saturated carbocycles. The maximum Gasteiger partial charge on any atom is 0.106 e. The molecule has 0 radical (unpaired) electrons. The van der Waals surface area contributed by atoms with E-state index >= 15 is 0 Å². The van der Waals surface area contributed by atoms with Gasteiger partial charge in [-0.2, -0.15) is 0 Å². The molecule has 1 aromatic carbocycles. The van der Waals surface area contributed by atoms with Crippen molar-refractivity contribution in [2.24, 2.45) is 17.6 Å². The molecule has 2 unspecified atom stereocenters. The minimum atomic E-state index is 0.480. The lowest BCUT2D eigenvalue weighted by Crippen LogP contribution is -2.35. The fourth-order valence-corrected chi connectivity index (χ4v) is 3.49. The van der Waals surface area contributed by atoms with Crippen molar-refractivity contribution in [3.05, 3.63) is 29.3 Å². The van der Waals surface area contributed by atoms with E-state index in [9.17, 15) is 0 Å². The van der Waals surface area contributed by atoms with E-state index in [0.29, 0.717) is 16.9 Å². The van der Waals surface area contributed by atoms with Crippen LogP contribution in [0, 0.1) is 18.8 Å². The number of rotatable bonds is 4. The molecule has 1 aliphatic rings. The Morgan fingerprint density at radius 2 is 2.00 bits per heavy atom. The highest BCUT2D eigenvalue weighted by molar-refractivity contribution is 7.80. The standard InChI is InChI=1S/C17H26N2S/c1-11(2)13-6-4-5-7-15(13)19-16-9-8-12(3)10-14(16)17(18)20/h8-11,13,15,19H,4-7H2,1-3H3,(H2,18,20). The number of hydrogen-bond acceptors (Lipinski definition) is 2. The van der Waals surface area contributed by atoms with E-state index in [-0.39, 0.29) is 0 Å². The zero-order valence-electron chi connectivity index (χ0n) is 12.8. The van der Waals surface area contributed by atoms with Gasteiger partial charge in [-0.3, -0.25) is 0 Å². The van der Waals surface area contributed by atoms with Crippen molar-refractivity contribution < 1.29 is 0 Å². The summed E-state index contributed by atoms with van der Waals surface area (Å²) < 4.78 is 0. The summed E-state index contributed by atoms with van der Waals surface area (Å²) in [4.78, 5) is 0.480. The molecular formula is C17H26N2S. The SMILES string of the molecule is Cc1ccc(NC2CCCCC2C(C)C)c(C(N)=S)c1. The maximum atomic E-state index is 5.87. The molecule has 2 nitrogen and oxygen atoms in total. The third-order valence-electron chi connectivity index (χ3n) is 4.46. The molecule has 0 amide bonds. The summed E-state index contributed by atoms with van der Waals surface area (Å²) in [6.45, 7) is 6.73. The predicted octanol–water partition coefficient (Wildman–Crippen LogP) is 4.26. The second kappa shape index (κ2) is 6.57. The van der Waals surface area contributed by atoms with Crippen LogP contribution in [0.15, 0.2) is 18.2 Å². The van der Waals surface area contributed by atoms with Crippen molar-refractivity contribution in [1.29, 1.82) is 0 Å². The Labute approximate surface area is 128 Å². The van der Waals surface area contributed by atoms with Crippen LogP contribution in [0.4, 0.5) is 5.69 Å². The second-order valence-corrected chi connectivity index (χ2v) is 6.80. The number of nitrogens with two attached hydrogens (primary N) is 1. The van der Waals surface area contributed by atoms with Gasteiger partial charge in [0, 0.05) is 17.3 Å². The van der Waals surface area contributed by atoms with E-state index in [1.54, 1.807) is 0 Å². The summed E-state index contributed by atoms with van der Waals surface area (Å²) in [5.74, 6) is 1.45. The van der Waals surface area contributed by atoms with Gasteiger partial charge in [0.15, 0.2) is 0 Å². The molecule has 0 aromatic heterocycles. The van der Waals surface area contributed by atoms with E-state index in [1.807, 2.05) is 0 Å². The average molecular weight is 290 g/mol. The highest BCUT2D eigenvalue weighted by atomic mass is 32.1. The normalized spacial score (nSPS) is 22.8. The van der Waals surface area contributed by atoms with Gasteiger partial charge in [-0.1, -0.05) is 50.5 Å². The molecule has 0 saturated heterocycles. The zero-order valence-corrected chi connectivity index (χ0v) is 13.6. The summed E-state index contributed by atoms with van der Waals surface area (Å²) in [5, 5.41) is 3.72. The Morgan fingerprint density at radius 1 is 1.30 bits per heavy atom. The van der Waals surface area contributed by atoms with Crippen molar-refractivity contribution in [2.75, 3.05) is 5.32 Å². The minimum Gasteiger partial charge on any atom is -0.389 e. The van der Waals surface area contributed by atoms with Crippen LogP contribution in [0.5, 0.6) is 0 Å². The highest BCUT2D eigenvalue weighted by Crippen LogP contribution is 2.33. The fraction of sp³-hybridized carbons (Fsp3) is 0.588. The number of anilines is 1. The topological polar surface area (TPSA) is 38.0 Å². The van der Waals surface area contributed by atoms with Crippen LogP contribution < -0.4 is 11.1 Å². The van der Waals surface area contributed by atoms with Gasteiger partial charge >= 0.3 is 0 Å². The molecule has 0 bridgehead atoms. The average Bonchev–Trinajstić information content (AvgIpc) is 2.41. The number of hydrogen-bond donors (Lipinski definition) is 2. The molecule has 1 aliphatic carbocycles. The summed E-state index contributed by atoms with van der Waals surface area (Å²) >= 11 is 5.20. The first-order valence-corrected chi connectivity index (χ1v) is 8.07. The molecule has 20 heavy (non-hydrogen) atoms. The lowest BCUT2D eigenvalue weighted by Gasteiger charge is -2.36. The van der Waals surface area contributed by atoms with Gasteiger partial charge in [-0.15, -0.1) is 0 Å². The second-order valence-electron chi connectivity index (χ2n) is 6.36. The Kier molecular flexibility index (Phi) is 5.03. The van der Waals surface area contributed by atoms with E-state index in [0.717, 1.165) is 17.2 Å². The predicted molar refractivity (Wildman–Crippen MR) is 91.3 cm³/mol. The highest BCUT2D eigenvalue weighted by Gasteiger charge is 2.27. The number of aryl methyl sites for hydroxylation is 1. The molecule has 1 fully saturated rings. The number of benzene rings is 1. The van der Waals surface area contributed by atoms with Crippen molar-refractivity contribution in [3.63, 3.8) is 0 Å². The Hall–Kier alpha value is -1.09. The van der Waals surface area contributed by atoms with Crippen LogP contribution in [0.3, 0.4) is 0 Å². The first-order valence-electron chi connectivity index (χ1n) is 7.66. The third-order valence-corrected chi connectivity index (χ3v) is 4.68. The minimum absolute atomic E-state index is 0.480. The van der Waals surface area contributed by atoms with Gasteiger partial charge in [0.2, 0.25) is 0 Å². The fourth-order valence-electron chi connectivity index (χ4n) is 3.32. The summed E-state index contributed by atoms with van der Waals surface area (Å²) in [6.07, 6.45) is 5.24. The van der Waals surface area contributed by atoms with Crippen LogP contribution >= 0.6 is 12.2 Å². The Bertz CT molecular complexity index is 482. The van der Waals surface area contributed by atoms with E-state index in [4.69, 9.17) is 18.0 Å². The van der Waals surface area contributed by atoms with Crippen LogP contribution in [0.25, 0.3) is 0 Å². The van der Waals surface area contributed by atoms with Gasteiger partial charge in [-0.25, -0.2) is 0 Å². The number of thiocarbonyl (C=S) groups is 1. The summed E-state index contributed by atoms with van der Waals surface area (Å²) in [5.41, 5.74) is 9.15.